The van der Waals surface area contributed by atoms with Gasteiger partial charge in [-0.3, -0.25) is 0 Å². The molecule has 4 nitrogen and oxygen atoms in total. The van der Waals surface area contributed by atoms with Crippen LogP contribution in [-0.4, -0.2) is 11.1 Å². The van der Waals surface area contributed by atoms with Gasteiger partial charge in [-0.1, -0.05) is 39.5 Å². The Bertz CT molecular complexity index is 555. The van der Waals surface area contributed by atoms with E-state index in [9.17, 15) is 9.59 Å². The molecule has 1 aromatic carbocycles. The fraction of sp³-hybridized carbons (Fsp3) is 0.231. The molecule has 0 atom stereocenters. The Hall–Kier alpha value is -2.10. The van der Waals surface area contributed by atoms with Crippen LogP contribution in [0.3, 0.4) is 0 Å². The molecule has 1 heterocycles. The molecular weight excluding hydrogens is 220 g/mol. The molecule has 0 amide bonds. The molecule has 0 aliphatic rings. The zero-order chi connectivity index (χ0) is 12.1. The Morgan fingerprint density at radius 3 is 2.41 bits per heavy atom. The second-order valence-electron chi connectivity index (χ2n) is 2.79. The van der Waals surface area contributed by atoms with Gasteiger partial charge in [0, 0.05) is 5.39 Å². The largest absolute Gasteiger partial charge is 0.477 e. The van der Waals surface area contributed by atoms with E-state index in [0.717, 1.165) is 0 Å². The lowest BCUT2D eigenvalue weighted by molar-refractivity contribution is 0.0692. The van der Waals surface area contributed by atoms with E-state index in [1.165, 1.54) is 6.07 Å². The van der Waals surface area contributed by atoms with Crippen LogP contribution in [-0.2, 0) is 0 Å². The molecule has 1 N–H and O–H groups in total. The molecule has 0 fully saturated rings. The Balaban J connectivity index is 0.000000811. The third-order valence-corrected chi connectivity index (χ3v) is 1.87. The predicted molar refractivity (Wildman–Crippen MR) is 67.5 cm³/mol. The number of fused-ring (bicyclic) bond motifs is 1. The van der Waals surface area contributed by atoms with Crippen LogP contribution in [0.15, 0.2) is 39.5 Å². The molecule has 0 radical (unpaired) electrons. The van der Waals surface area contributed by atoms with Crippen LogP contribution in [0.5, 0.6) is 0 Å². The van der Waals surface area contributed by atoms with Crippen LogP contribution in [0.25, 0.3) is 11.0 Å². The van der Waals surface area contributed by atoms with Crippen LogP contribution < -0.4 is 5.63 Å². The van der Waals surface area contributed by atoms with E-state index in [0.29, 0.717) is 11.0 Å². The highest BCUT2D eigenvalue weighted by Crippen LogP contribution is 2.12. The van der Waals surface area contributed by atoms with E-state index in [1.807, 2.05) is 13.8 Å². The zero-order valence-electron chi connectivity index (χ0n) is 9.06. The molecule has 0 saturated heterocycles. The normalized spacial score (nSPS) is 8.82. The molecule has 0 unspecified atom stereocenters. The van der Waals surface area contributed by atoms with Gasteiger partial charge in [0.15, 0.2) is 0 Å². The summed E-state index contributed by atoms with van der Waals surface area (Å²) in [5.74, 6) is -1.27. The molecule has 2 aromatic rings. The van der Waals surface area contributed by atoms with E-state index in [2.05, 4.69) is 0 Å². The highest BCUT2D eigenvalue weighted by molar-refractivity contribution is 5.91. The van der Waals surface area contributed by atoms with Gasteiger partial charge in [-0.15, -0.1) is 0 Å². The molecule has 0 aliphatic carbocycles. The first-order chi connectivity index (χ1) is 7.68. The van der Waals surface area contributed by atoms with Crippen LogP contribution in [0, 0.1) is 0 Å². The lowest BCUT2D eigenvalue weighted by atomic mass is 10.2. The minimum Gasteiger partial charge on any atom is -0.477 e. The summed E-state index contributed by atoms with van der Waals surface area (Å²) in [6.45, 7) is 4.00. The Morgan fingerprint density at radius 2 is 1.82 bits per heavy atom. The maximum absolute atomic E-state index is 11.1. The third kappa shape index (κ3) is 3.17. The number of hydrogen-bond donors (Lipinski definition) is 1. The molecule has 1 aromatic heterocycles. The molecular formula is C13H16O4. The molecule has 0 spiro atoms. The van der Waals surface area contributed by atoms with Gasteiger partial charge in [0.1, 0.15) is 11.1 Å². The highest BCUT2D eigenvalue weighted by atomic mass is 16.4. The second kappa shape index (κ2) is 6.48. The first-order valence-electron chi connectivity index (χ1n) is 4.94. The van der Waals surface area contributed by atoms with Crippen molar-refractivity contribution in [3.8, 4) is 0 Å². The average molecular weight is 236 g/mol. The summed E-state index contributed by atoms with van der Waals surface area (Å²) in [5, 5.41) is 9.27. The van der Waals surface area contributed by atoms with Crippen molar-refractivity contribution in [3.05, 3.63) is 46.3 Å². The fourth-order valence-corrected chi connectivity index (χ4v) is 1.21. The summed E-state index contributed by atoms with van der Waals surface area (Å²) in [4.78, 5) is 21.7. The summed E-state index contributed by atoms with van der Waals surface area (Å²) in [7, 11) is 0. The third-order valence-electron chi connectivity index (χ3n) is 1.87. The number of carboxylic acids is 1. The van der Waals surface area contributed by atoms with Crippen molar-refractivity contribution in [1.82, 2.24) is 0 Å². The van der Waals surface area contributed by atoms with Crippen molar-refractivity contribution in [2.24, 2.45) is 0 Å². The number of carbonyl (C=O) groups is 1. The smallest absolute Gasteiger partial charge is 0.351 e. The van der Waals surface area contributed by atoms with Gasteiger partial charge in [0.05, 0.1) is 0 Å². The van der Waals surface area contributed by atoms with E-state index < -0.39 is 11.6 Å². The number of carboxylic acid groups (broad SMARTS) is 1. The van der Waals surface area contributed by atoms with E-state index in [1.54, 1.807) is 24.3 Å². The zero-order valence-corrected chi connectivity index (χ0v) is 9.06. The van der Waals surface area contributed by atoms with Gasteiger partial charge in [-0.2, -0.15) is 0 Å². The van der Waals surface area contributed by atoms with Crippen LogP contribution in [0.4, 0.5) is 0 Å². The number of rotatable bonds is 1. The van der Waals surface area contributed by atoms with Gasteiger partial charge in [-0.25, -0.2) is 9.59 Å². The van der Waals surface area contributed by atoms with Gasteiger partial charge < -0.3 is 9.52 Å². The highest BCUT2D eigenvalue weighted by Gasteiger charge is 2.10. The first kappa shape index (κ1) is 14.9. The van der Waals surface area contributed by atoms with E-state index in [-0.39, 0.29) is 13.0 Å². The van der Waals surface area contributed by atoms with Gasteiger partial charge >= 0.3 is 11.6 Å². The molecule has 0 aliphatic heterocycles. The quantitative estimate of drug-likeness (QED) is 0.772. The Morgan fingerprint density at radius 1 is 1.24 bits per heavy atom. The minimum atomic E-state index is -1.27. The maximum atomic E-state index is 11.1. The lowest BCUT2D eigenvalue weighted by Gasteiger charge is -1.96. The summed E-state index contributed by atoms with van der Waals surface area (Å²) in [5.41, 5.74) is -0.776. The number of aromatic carboxylic acids is 1. The van der Waals surface area contributed by atoms with Crippen molar-refractivity contribution in [2.75, 3.05) is 0 Å². The number of hydrogen-bond acceptors (Lipinski definition) is 3. The molecule has 17 heavy (non-hydrogen) atoms. The SMILES string of the molecule is C.CC.O=C(O)c1cc2ccccc2oc1=O. The predicted octanol–water partition coefficient (Wildman–Crippen LogP) is 3.15. The van der Waals surface area contributed by atoms with Crippen molar-refractivity contribution >= 4 is 16.9 Å². The Labute approximate surface area is 99.5 Å². The Kier molecular flexibility index (Phi) is 5.68. The van der Waals surface area contributed by atoms with Crippen LogP contribution in [0.1, 0.15) is 31.6 Å². The average Bonchev–Trinajstić information content (AvgIpc) is 2.30. The van der Waals surface area contributed by atoms with Crippen molar-refractivity contribution in [1.29, 1.82) is 0 Å². The summed E-state index contributed by atoms with van der Waals surface area (Å²) in [6.07, 6.45) is 0. The lowest BCUT2D eigenvalue weighted by Crippen LogP contribution is -2.12. The standard InChI is InChI=1S/C10H6O4.C2H6.CH4/c11-9(12)7-5-6-3-1-2-4-8(6)14-10(7)13;1-2;/h1-5H,(H,11,12);1-2H3;1H4. The summed E-state index contributed by atoms with van der Waals surface area (Å²) < 4.78 is 4.82. The molecule has 0 bridgehead atoms. The number of para-hydroxylation sites is 1. The minimum absolute atomic E-state index is 0. The van der Waals surface area contributed by atoms with Crippen LogP contribution >= 0.6 is 0 Å². The number of benzene rings is 1. The van der Waals surface area contributed by atoms with Gasteiger partial charge in [0.2, 0.25) is 0 Å². The summed E-state index contributed by atoms with van der Waals surface area (Å²) >= 11 is 0. The van der Waals surface area contributed by atoms with E-state index >= 15 is 0 Å². The topological polar surface area (TPSA) is 67.5 Å². The molecule has 4 heteroatoms. The molecule has 2 rings (SSSR count). The molecule has 92 valence electrons. The van der Waals surface area contributed by atoms with Crippen molar-refractivity contribution in [3.63, 3.8) is 0 Å². The maximum Gasteiger partial charge on any atom is 0.351 e. The van der Waals surface area contributed by atoms with Crippen LogP contribution in [0.2, 0.25) is 0 Å². The fourth-order valence-electron chi connectivity index (χ4n) is 1.21. The van der Waals surface area contributed by atoms with Crippen molar-refractivity contribution < 1.29 is 14.3 Å². The summed E-state index contributed by atoms with van der Waals surface area (Å²) in [6, 6.07) is 8.07. The van der Waals surface area contributed by atoms with E-state index in [4.69, 9.17) is 9.52 Å². The van der Waals surface area contributed by atoms with Gasteiger partial charge in [0.25, 0.3) is 0 Å². The van der Waals surface area contributed by atoms with Crippen molar-refractivity contribution in [2.45, 2.75) is 21.3 Å². The monoisotopic (exact) mass is 236 g/mol. The second-order valence-corrected chi connectivity index (χ2v) is 2.79. The first-order valence-corrected chi connectivity index (χ1v) is 4.94. The van der Waals surface area contributed by atoms with Gasteiger partial charge in [-0.05, 0) is 12.1 Å². The molecule has 0 saturated carbocycles.